The van der Waals surface area contributed by atoms with Gasteiger partial charge in [0.2, 0.25) is 0 Å². The highest BCUT2D eigenvalue weighted by Crippen LogP contribution is 2.37. The van der Waals surface area contributed by atoms with E-state index < -0.39 is 33.6 Å². The van der Waals surface area contributed by atoms with Crippen LogP contribution in [0.15, 0.2) is 81.7 Å². The highest BCUT2D eigenvalue weighted by Gasteiger charge is 2.40. The largest absolute Gasteiger partial charge is 0.425 e. The summed E-state index contributed by atoms with van der Waals surface area (Å²) in [6.07, 6.45) is -0.230. The summed E-state index contributed by atoms with van der Waals surface area (Å²) in [5.41, 5.74) is 0. The summed E-state index contributed by atoms with van der Waals surface area (Å²) in [4.78, 5) is 25.6. The highest BCUT2D eigenvalue weighted by atomic mass is 79.9. The number of carbonyl (C=O) groups is 2. The molecule has 1 fully saturated rings. The Kier molecular flexibility index (Phi) is 7.38. The van der Waals surface area contributed by atoms with Gasteiger partial charge in [0, 0.05) is 0 Å². The topological polar surface area (TPSA) is 86.7 Å². The molecule has 1 aliphatic rings. The molecule has 4 aromatic rings. The van der Waals surface area contributed by atoms with E-state index in [0.717, 1.165) is 21.5 Å². The lowest BCUT2D eigenvalue weighted by molar-refractivity contribution is -0.138. The summed E-state index contributed by atoms with van der Waals surface area (Å²) in [7, 11) is -3.39. The first-order chi connectivity index (χ1) is 17.7. The minimum absolute atomic E-state index is 0.115. The van der Waals surface area contributed by atoms with E-state index in [4.69, 9.17) is 9.47 Å². The molecular formula is C28H22Br2O6S. The lowest BCUT2D eigenvalue weighted by Gasteiger charge is -2.17. The van der Waals surface area contributed by atoms with Crippen LogP contribution in [0.5, 0.6) is 11.5 Å². The van der Waals surface area contributed by atoms with Crippen molar-refractivity contribution in [3.05, 3.63) is 81.7 Å². The average Bonchev–Trinajstić information content (AvgIpc) is 3.15. The van der Waals surface area contributed by atoms with Crippen molar-refractivity contribution < 1.29 is 27.5 Å². The third-order valence-corrected chi connectivity index (χ3v) is 10.1. The van der Waals surface area contributed by atoms with E-state index in [1.54, 1.807) is 12.1 Å². The molecule has 0 unspecified atom stereocenters. The smallest absolute Gasteiger partial charge is 0.311 e. The molecule has 9 heteroatoms. The predicted octanol–water partition coefficient (Wildman–Crippen LogP) is 6.47. The number of rotatable bonds is 6. The van der Waals surface area contributed by atoms with E-state index in [2.05, 4.69) is 31.9 Å². The number of esters is 2. The van der Waals surface area contributed by atoms with Gasteiger partial charge in [-0.15, -0.1) is 0 Å². The lowest BCUT2D eigenvalue weighted by atomic mass is 9.90. The van der Waals surface area contributed by atoms with Crippen molar-refractivity contribution in [2.45, 2.75) is 12.8 Å². The number of hydrogen-bond acceptors (Lipinski definition) is 6. The minimum Gasteiger partial charge on any atom is -0.425 e. The molecule has 0 N–H and O–H groups in total. The predicted molar refractivity (Wildman–Crippen MR) is 149 cm³/mol. The van der Waals surface area contributed by atoms with E-state index in [0.29, 0.717) is 20.4 Å². The minimum atomic E-state index is -3.39. The summed E-state index contributed by atoms with van der Waals surface area (Å²) in [6.45, 7) is 0. The maximum absolute atomic E-state index is 12.8. The van der Waals surface area contributed by atoms with Crippen LogP contribution in [0.3, 0.4) is 0 Å². The van der Waals surface area contributed by atoms with Crippen LogP contribution in [0.25, 0.3) is 21.5 Å². The normalized spacial score (nSPS) is 18.6. The van der Waals surface area contributed by atoms with Crippen LogP contribution in [0.4, 0.5) is 0 Å². The van der Waals surface area contributed by atoms with E-state index in [-0.39, 0.29) is 24.3 Å². The molecule has 4 aromatic carbocycles. The quantitative estimate of drug-likeness (QED) is 0.176. The van der Waals surface area contributed by atoms with Crippen LogP contribution in [-0.4, -0.2) is 31.9 Å². The number of halogens is 2. The van der Waals surface area contributed by atoms with E-state index in [1.165, 1.54) is 0 Å². The molecule has 0 radical (unpaired) electrons. The van der Waals surface area contributed by atoms with Crippen molar-refractivity contribution in [3.8, 4) is 11.5 Å². The molecule has 0 spiro atoms. The number of sulfone groups is 1. The van der Waals surface area contributed by atoms with Crippen molar-refractivity contribution in [2.24, 2.45) is 11.8 Å². The van der Waals surface area contributed by atoms with E-state index in [1.807, 2.05) is 60.7 Å². The maximum atomic E-state index is 12.8. The second-order valence-corrected chi connectivity index (χ2v) is 12.9. The molecule has 1 aliphatic heterocycles. The zero-order valence-corrected chi connectivity index (χ0v) is 23.5. The molecule has 0 bridgehead atoms. The van der Waals surface area contributed by atoms with Gasteiger partial charge < -0.3 is 9.47 Å². The Bertz CT molecular complexity index is 1520. The molecular weight excluding hydrogens is 624 g/mol. The summed E-state index contributed by atoms with van der Waals surface area (Å²) in [5, 5.41) is 3.79. The van der Waals surface area contributed by atoms with Crippen molar-refractivity contribution >= 4 is 75.2 Å². The molecule has 190 valence electrons. The van der Waals surface area contributed by atoms with Gasteiger partial charge in [0.05, 0.1) is 33.3 Å². The van der Waals surface area contributed by atoms with Crippen molar-refractivity contribution in [3.63, 3.8) is 0 Å². The van der Waals surface area contributed by atoms with Crippen molar-refractivity contribution in [2.75, 3.05) is 11.5 Å². The molecule has 0 aromatic heterocycles. The molecule has 1 heterocycles. The fourth-order valence-corrected chi connectivity index (χ4v) is 8.15. The van der Waals surface area contributed by atoms with Gasteiger partial charge in [-0.05, 0) is 77.4 Å². The van der Waals surface area contributed by atoms with Gasteiger partial charge in [-0.1, -0.05) is 60.7 Å². The molecule has 0 saturated carbocycles. The van der Waals surface area contributed by atoms with Crippen LogP contribution in [-0.2, 0) is 19.4 Å². The number of fused-ring (bicyclic) bond motifs is 2. The van der Waals surface area contributed by atoms with Crippen LogP contribution in [0.1, 0.15) is 12.8 Å². The molecule has 5 rings (SSSR count). The standard InChI is InChI=1S/C28H22Br2O6S/c29-27-21-7-3-1-5-17(21)9-11-23(27)35-25(31)13-19-15-37(33,34)16-20(19)14-26(32)36-24-12-10-18-6-2-4-8-22(18)28(24)30/h1-12,19-20H,13-16H2/t19-,20-/m1/s1. The molecule has 0 amide bonds. The van der Waals surface area contributed by atoms with Crippen LogP contribution in [0, 0.1) is 11.8 Å². The third-order valence-electron chi connectivity index (χ3n) is 6.56. The first kappa shape index (κ1) is 25.9. The monoisotopic (exact) mass is 644 g/mol. The van der Waals surface area contributed by atoms with E-state index in [9.17, 15) is 18.0 Å². The maximum Gasteiger partial charge on any atom is 0.311 e. The number of hydrogen-bond donors (Lipinski definition) is 0. The van der Waals surface area contributed by atoms with Crippen LogP contribution < -0.4 is 9.47 Å². The summed E-state index contributed by atoms with van der Waals surface area (Å²) >= 11 is 7.00. The fourth-order valence-electron chi connectivity index (χ4n) is 4.79. The second kappa shape index (κ2) is 10.6. The van der Waals surface area contributed by atoms with E-state index >= 15 is 0 Å². The zero-order valence-electron chi connectivity index (χ0n) is 19.5. The Labute approximate surface area is 231 Å². The van der Waals surface area contributed by atoms with Gasteiger partial charge in [0.15, 0.2) is 9.84 Å². The molecule has 37 heavy (non-hydrogen) atoms. The molecule has 1 saturated heterocycles. The molecule has 6 nitrogen and oxygen atoms in total. The van der Waals surface area contributed by atoms with Crippen LogP contribution in [0.2, 0.25) is 0 Å². The van der Waals surface area contributed by atoms with Crippen molar-refractivity contribution in [1.82, 2.24) is 0 Å². The van der Waals surface area contributed by atoms with Gasteiger partial charge in [0.25, 0.3) is 0 Å². The Balaban J connectivity index is 1.27. The Morgan fingerprint density at radius 3 is 1.51 bits per heavy atom. The van der Waals surface area contributed by atoms with Gasteiger partial charge in [0.1, 0.15) is 11.5 Å². The second-order valence-electron chi connectivity index (χ2n) is 9.15. The third kappa shape index (κ3) is 5.73. The Hall–Kier alpha value is -2.75. The Morgan fingerprint density at radius 1 is 0.676 bits per heavy atom. The summed E-state index contributed by atoms with van der Waals surface area (Å²) < 4.78 is 37.3. The van der Waals surface area contributed by atoms with Crippen LogP contribution >= 0.6 is 31.9 Å². The summed E-state index contributed by atoms with van der Waals surface area (Å²) in [5.74, 6) is -1.78. The first-order valence-electron chi connectivity index (χ1n) is 11.7. The molecule has 0 aliphatic carbocycles. The zero-order chi connectivity index (χ0) is 26.2. The summed E-state index contributed by atoms with van der Waals surface area (Å²) in [6, 6.07) is 22.5. The van der Waals surface area contributed by atoms with Gasteiger partial charge in [-0.3, -0.25) is 9.59 Å². The van der Waals surface area contributed by atoms with Gasteiger partial charge >= 0.3 is 11.9 Å². The SMILES string of the molecule is O=C(C[C@@H]1CS(=O)(=O)C[C@H]1CC(=O)Oc1ccc2ccccc2c1Br)Oc1ccc2ccccc2c1Br. The molecule has 2 atom stereocenters. The van der Waals surface area contributed by atoms with Crippen molar-refractivity contribution in [1.29, 1.82) is 0 Å². The van der Waals surface area contributed by atoms with Gasteiger partial charge in [-0.2, -0.15) is 0 Å². The Morgan fingerprint density at radius 2 is 1.08 bits per heavy atom. The highest BCUT2D eigenvalue weighted by molar-refractivity contribution is 9.11. The number of benzene rings is 4. The fraction of sp³-hybridized carbons (Fsp3) is 0.214. The lowest BCUT2D eigenvalue weighted by Crippen LogP contribution is -2.23. The van der Waals surface area contributed by atoms with Gasteiger partial charge in [-0.25, -0.2) is 8.42 Å². The average molecular weight is 646 g/mol. The first-order valence-corrected chi connectivity index (χ1v) is 15.1. The number of ether oxygens (including phenoxy) is 2. The number of carbonyl (C=O) groups excluding carboxylic acids is 2.